The summed E-state index contributed by atoms with van der Waals surface area (Å²) in [4.78, 5) is 11.5. The van der Waals surface area contributed by atoms with Crippen molar-refractivity contribution in [3.8, 4) is 0 Å². The second-order valence-electron chi connectivity index (χ2n) is 4.21. The van der Waals surface area contributed by atoms with E-state index >= 15 is 0 Å². The van der Waals surface area contributed by atoms with E-state index in [9.17, 15) is 21.6 Å². The van der Waals surface area contributed by atoms with Crippen LogP contribution in [0.25, 0.3) is 0 Å². The van der Waals surface area contributed by atoms with Gasteiger partial charge in [0, 0.05) is 12.1 Å². The van der Waals surface area contributed by atoms with Gasteiger partial charge in [-0.3, -0.25) is 13.9 Å². The van der Waals surface area contributed by atoms with Gasteiger partial charge in [0.25, 0.3) is 20.2 Å². The normalized spacial score (nSPS) is 13.2. The summed E-state index contributed by atoms with van der Waals surface area (Å²) in [6.45, 7) is 1.64. The predicted octanol–water partition coefficient (Wildman–Crippen LogP) is -0.00520. The first kappa shape index (κ1) is 19.0. The number of carbonyl (C=O) groups excluding carboxylic acids is 1. The van der Waals surface area contributed by atoms with E-state index < -0.39 is 31.9 Å². The second-order valence-corrected chi connectivity index (χ2v) is 7.36. The lowest BCUT2D eigenvalue weighted by Gasteiger charge is -2.04. The van der Waals surface area contributed by atoms with E-state index in [0.717, 1.165) is 0 Å². The largest absolute Gasteiger partial charge is 0.352 e. The van der Waals surface area contributed by atoms with Crippen LogP contribution in [0.1, 0.15) is 26.2 Å². The third-order valence-electron chi connectivity index (χ3n) is 2.28. The van der Waals surface area contributed by atoms with Crippen molar-refractivity contribution in [2.45, 2.75) is 26.2 Å². The molecule has 0 atom stereocenters. The molecule has 0 unspecified atom stereocenters. The minimum atomic E-state index is -4.02. The van der Waals surface area contributed by atoms with Gasteiger partial charge in [-0.2, -0.15) is 16.8 Å². The molecular formula is C10H19NO7S2. The summed E-state index contributed by atoms with van der Waals surface area (Å²) >= 11 is 0. The summed E-state index contributed by atoms with van der Waals surface area (Å²) in [5.74, 6) is -1.19. The smallest absolute Gasteiger partial charge is 0.264 e. The van der Waals surface area contributed by atoms with Gasteiger partial charge in [-0.15, -0.1) is 0 Å². The molecule has 0 aromatic rings. The Morgan fingerprint density at radius 1 is 1.05 bits per heavy atom. The van der Waals surface area contributed by atoms with Crippen LogP contribution in [0, 0.1) is 0 Å². The molecule has 0 aliphatic carbocycles. The fourth-order valence-corrected chi connectivity index (χ4v) is 2.31. The first-order valence-corrected chi connectivity index (χ1v) is 9.08. The van der Waals surface area contributed by atoms with Crippen molar-refractivity contribution in [1.82, 2.24) is 5.32 Å². The van der Waals surface area contributed by atoms with Crippen LogP contribution in [0.15, 0.2) is 11.6 Å². The molecular weight excluding hydrogens is 310 g/mol. The molecule has 0 spiro atoms. The number of allylic oxidation sites excluding steroid dienone is 1. The topological polar surface area (TPSA) is 138 Å². The standard InChI is InChI=1S/C10H19NO7S2/c1-9(5-2-3-7-19(13,14)15)10(12)11-6-4-8-20(16,17)18/h5H,2-4,6-8H2,1H3,(H,11,12)(H,13,14,15)(H,16,17,18)/b9-5+. The molecule has 20 heavy (non-hydrogen) atoms. The molecule has 8 nitrogen and oxygen atoms in total. The van der Waals surface area contributed by atoms with Crippen molar-refractivity contribution < 1.29 is 30.7 Å². The Hall–Kier alpha value is -0.970. The highest BCUT2D eigenvalue weighted by Gasteiger charge is 2.07. The van der Waals surface area contributed by atoms with Crippen LogP contribution in [-0.2, 0) is 25.0 Å². The molecule has 0 saturated heterocycles. The van der Waals surface area contributed by atoms with Crippen molar-refractivity contribution in [1.29, 1.82) is 0 Å². The van der Waals surface area contributed by atoms with Crippen molar-refractivity contribution in [2.75, 3.05) is 18.1 Å². The van der Waals surface area contributed by atoms with Crippen molar-refractivity contribution in [3.63, 3.8) is 0 Å². The summed E-state index contributed by atoms with van der Waals surface area (Å²) in [6, 6.07) is 0. The molecule has 0 heterocycles. The third kappa shape index (κ3) is 12.1. The van der Waals surface area contributed by atoms with Crippen molar-refractivity contribution in [2.24, 2.45) is 0 Å². The molecule has 0 radical (unpaired) electrons. The molecule has 0 saturated carbocycles. The number of carbonyl (C=O) groups is 1. The fourth-order valence-electron chi connectivity index (χ4n) is 1.27. The van der Waals surface area contributed by atoms with E-state index in [2.05, 4.69) is 5.32 Å². The lowest BCUT2D eigenvalue weighted by Crippen LogP contribution is -2.26. The highest BCUT2D eigenvalue weighted by molar-refractivity contribution is 7.86. The molecule has 0 aromatic heterocycles. The summed E-state index contributed by atoms with van der Waals surface area (Å²) in [7, 11) is -8.00. The maximum absolute atomic E-state index is 11.5. The maximum atomic E-state index is 11.5. The van der Waals surface area contributed by atoms with Crippen molar-refractivity contribution >= 4 is 26.1 Å². The molecule has 0 bridgehead atoms. The predicted molar refractivity (Wildman–Crippen MR) is 73.4 cm³/mol. The van der Waals surface area contributed by atoms with Crippen LogP contribution < -0.4 is 5.32 Å². The zero-order chi connectivity index (χ0) is 15.8. The van der Waals surface area contributed by atoms with Gasteiger partial charge in [-0.25, -0.2) is 0 Å². The second kappa shape index (κ2) is 8.35. The van der Waals surface area contributed by atoms with E-state index in [1.807, 2.05) is 0 Å². The monoisotopic (exact) mass is 329 g/mol. The van der Waals surface area contributed by atoms with Crippen LogP contribution in [0.4, 0.5) is 0 Å². The Morgan fingerprint density at radius 3 is 2.05 bits per heavy atom. The van der Waals surface area contributed by atoms with Crippen molar-refractivity contribution in [3.05, 3.63) is 11.6 Å². The maximum Gasteiger partial charge on any atom is 0.264 e. The first-order valence-electron chi connectivity index (χ1n) is 5.86. The van der Waals surface area contributed by atoms with E-state index in [0.29, 0.717) is 12.0 Å². The van der Waals surface area contributed by atoms with E-state index in [-0.39, 0.29) is 25.1 Å². The lowest BCUT2D eigenvalue weighted by atomic mass is 10.2. The van der Waals surface area contributed by atoms with Gasteiger partial charge in [0.05, 0.1) is 11.5 Å². The third-order valence-corrected chi connectivity index (χ3v) is 3.89. The molecule has 0 fully saturated rings. The fraction of sp³-hybridized carbons (Fsp3) is 0.700. The molecule has 0 aromatic carbocycles. The summed E-state index contributed by atoms with van der Waals surface area (Å²) in [6.07, 6.45) is 2.15. The van der Waals surface area contributed by atoms with Crippen LogP contribution in [-0.4, -0.2) is 49.9 Å². The summed E-state index contributed by atoms with van der Waals surface area (Å²) in [5, 5.41) is 2.46. The first-order chi connectivity index (χ1) is 9.01. The number of hydrogen-bond acceptors (Lipinski definition) is 5. The highest BCUT2D eigenvalue weighted by atomic mass is 32.2. The lowest BCUT2D eigenvalue weighted by molar-refractivity contribution is -0.117. The Labute approximate surface area is 118 Å². The van der Waals surface area contributed by atoms with Gasteiger partial charge < -0.3 is 5.32 Å². The minimum Gasteiger partial charge on any atom is -0.352 e. The average Bonchev–Trinajstić information content (AvgIpc) is 2.27. The molecule has 0 aliphatic heterocycles. The van der Waals surface area contributed by atoms with Crippen LogP contribution >= 0.6 is 0 Å². The molecule has 0 rings (SSSR count). The Balaban J connectivity index is 3.97. The number of hydrogen-bond donors (Lipinski definition) is 3. The quantitative estimate of drug-likeness (QED) is 0.307. The molecule has 0 aliphatic rings. The van der Waals surface area contributed by atoms with Gasteiger partial charge in [0.2, 0.25) is 5.91 Å². The average molecular weight is 329 g/mol. The zero-order valence-electron chi connectivity index (χ0n) is 11.1. The minimum absolute atomic E-state index is 0.0978. The molecule has 1 amide bonds. The zero-order valence-corrected chi connectivity index (χ0v) is 12.7. The summed E-state index contributed by atoms with van der Waals surface area (Å²) in [5.41, 5.74) is 0.368. The van der Waals surface area contributed by atoms with Gasteiger partial charge in [0.1, 0.15) is 0 Å². The number of rotatable bonds is 9. The van der Waals surface area contributed by atoms with Crippen LogP contribution in [0.3, 0.4) is 0 Å². The Bertz CT molecular complexity index is 548. The van der Waals surface area contributed by atoms with E-state index in [1.165, 1.54) is 13.0 Å². The van der Waals surface area contributed by atoms with E-state index in [4.69, 9.17) is 9.11 Å². The Morgan fingerprint density at radius 2 is 1.55 bits per heavy atom. The summed E-state index contributed by atoms with van der Waals surface area (Å²) < 4.78 is 58.7. The van der Waals surface area contributed by atoms with E-state index in [1.54, 1.807) is 0 Å². The van der Waals surface area contributed by atoms with Gasteiger partial charge in [-0.05, 0) is 26.2 Å². The van der Waals surface area contributed by atoms with Gasteiger partial charge in [0.15, 0.2) is 0 Å². The van der Waals surface area contributed by atoms with Gasteiger partial charge >= 0.3 is 0 Å². The Kier molecular flexibility index (Phi) is 7.94. The van der Waals surface area contributed by atoms with Crippen LogP contribution in [0.5, 0.6) is 0 Å². The highest BCUT2D eigenvalue weighted by Crippen LogP contribution is 2.01. The van der Waals surface area contributed by atoms with Gasteiger partial charge in [-0.1, -0.05) is 6.08 Å². The molecule has 118 valence electrons. The number of unbranched alkanes of at least 4 members (excludes halogenated alkanes) is 1. The number of nitrogens with one attached hydrogen (secondary N) is 1. The number of amides is 1. The SMILES string of the molecule is C/C(=C\CCCS(=O)(=O)O)C(=O)NCCCS(=O)(=O)O. The molecule has 10 heteroatoms. The van der Waals surface area contributed by atoms with Crippen LogP contribution in [0.2, 0.25) is 0 Å². The molecule has 3 N–H and O–H groups in total.